The molecule has 1 aromatic heterocycles. The fraction of sp³-hybridized carbons (Fsp3) is 0.111. The van der Waals surface area contributed by atoms with Crippen LogP contribution in [-0.4, -0.2) is 15.5 Å². The number of benzene rings is 2. The number of amides is 1. The molecule has 4 nitrogen and oxygen atoms in total. The molecule has 0 radical (unpaired) electrons. The summed E-state index contributed by atoms with van der Waals surface area (Å²) in [6, 6.07) is 12.8. The third kappa shape index (κ3) is 2.36. The molecule has 4 rings (SSSR count). The summed E-state index contributed by atoms with van der Waals surface area (Å²) in [5.74, 6) is -1.57. The summed E-state index contributed by atoms with van der Waals surface area (Å²) < 4.78 is 29.1. The number of halogens is 2. The molecule has 1 aliphatic rings. The Kier molecular flexibility index (Phi) is 3.37. The Morgan fingerprint density at radius 1 is 1.12 bits per heavy atom. The summed E-state index contributed by atoms with van der Waals surface area (Å²) >= 11 is 0. The Morgan fingerprint density at radius 3 is 2.67 bits per heavy atom. The van der Waals surface area contributed by atoms with E-state index in [2.05, 4.69) is 10.3 Å². The van der Waals surface area contributed by atoms with Crippen molar-refractivity contribution in [1.29, 1.82) is 0 Å². The second-order valence-electron chi connectivity index (χ2n) is 5.65. The van der Waals surface area contributed by atoms with Gasteiger partial charge in [-0.1, -0.05) is 24.3 Å². The molecule has 2 aromatic carbocycles. The molecule has 6 heteroatoms. The SMILES string of the molecule is O=C1C[C@@H](c2ccc(F)cc2F)c2ncn(-c3ccccc3)c2N1. The largest absolute Gasteiger partial charge is 0.310 e. The van der Waals surface area contributed by atoms with Crippen LogP contribution < -0.4 is 5.32 Å². The van der Waals surface area contributed by atoms with Gasteiger partial charge < -0.3 is 5.32 Å². The van der Waals surface area contributed by atoms with Crippen molar-refractivity contribution < 1.29 is 13.6 Å². The lowest BCUT2D eigenvalue weighted by atomic mass is 9.89. The molecule has 0 aliphatic carbocycles. The number of aromatic nitrogens is 2. The highest BCUT2D eigenvalue weighted by Gasteiger charge is 2.32. The number of carbonyl (C=O) groups excluding carboxylic acids is 1. The van der Waals surface area contributed by atoms with E-state index in [4.69, 9.17) is 0 Å². The van der Waals surface area contributed by atoms with Crippen LogP contribution in [0.1, 0.15) is 23.6 Å². The van der Waals surface area contributed by atoms with Crippen molar-refractivity contribution >= 4 is 11.7 Å². The molecule has 1 amide bonds. The Bertz CT molecular complexity index is 921. The van der Waals surface area contributed by atoms with Crippen molar-refractivity contribution in [2.24, 2.45) is 0 Å². The van der Waals surface area contributed by atoms with E-state index in [1.165, 1.54) is 12.1 Å². The molecule has 3 aromatic rings. The molecule has 24 heavy (non-hydrogen) atoms. The predicted molar refractivity (Wildman–Crippen MR) is 85.0 cm³/mol. The van der Waals surface area contributed by atoms with Gasteiger partial charge in [-0.2, -0.15) is 0 Å². The summed E-state index contributed by atoms with van der Waals surface area (Å²) in [5, 5.41) is 2.80. The predicted octanol–water partition coefficient (Wildman–Crippen LogP) is 3.62. The zero-order valence-electron chi connectivity index (χ0n) is 12.5. The summed E-state index contributed by atoms with van der Waals surface area (Å²) in [4.78, 5) is 16.5. The first kappa shape index (κ1) is 14.6. The molecule has 120 valence electrons. The number of nitrogens with zero attached hydrogens (tertiary/aromatic N) is 2. The van der Waals surface area contributed by atoms with Gasteiger partial charge in [0.25, 0.3) is 0 Å². The van der Waals surface area contributed by atoms with Gasteiger partial charge in [-0.3, -0.25) is 9.36 Å². The van der Waals surface area contributed by atoms with Gasteiger partial charge in [0.2, 0.25) is 5.91 Å². The van der Waals surface area contributed by atoms with Crippen molar-refractivity contribution in [3.63, 3.8) is 0 Å². The van der Waals surface area contributed by atoms with E-state index in [0.717, 1.165) is 11.8 Å². The first-order valence-corrected chi connectivity index (χ1v) is 7.51. The van der Waals surface area contributed by atoms with E-state index in [9.17, 15) is 13.6 Å². The molecule has 0 fully saturated rings. The third-order valence-electron chi connectivity index (χ3n) is 4.15. The lowest BCUT2D eigenvalue weighted by Crippen LogP contribution is -2.25. The highest BCUT2D eigenvalue weighted by molar-refractivity contribution is 5.94. The van der Waals surface area contributed by atoms with Gasteiger partial charge in [-0.25, -0.2) is 13.8 Å². The van der Waals surface area contributed by atoms with Crippen LogP contribution in [0.2, 0.25) is 0 Å². The van der Waals surface area contributed by atoms with Gasteiger partial charge in [-0.15, -0.1) is 0 Å². The second-order valence-corrected chi connectivity index (χ2v) is 5.65. The normalized spacial score (nSPS) is 16.6. The van der Waals surface area contributed by atoms with Crippen LogP contribution in [0.4, 0.5) is 14.6 Å². The molecule has 1 aliphatic heterocycles. The molecule has 1 atom stereocenters. The number of imidazole rings is 1. The number of hydrogen-bond acceptors (Lipinski definition) is 2. The molecule has 0 bridgehead atoms. The summed E-state index contributed by atoms with van der Waals surface area (Å²) in [7, 11) is 0. The van der Waals surface area contributed by atoms with E-state index in [0.29, 0.717) is 11.5 Å². The minimum atomic E-state index is -0.671. The molecule has 0 saturated heterocycles. The van der Waals surface area contributed by atoms with E-state index in [1.807, 2.05) is 30.3 Å². The molecule has 0 unspecified atom stereocenters. The smallest absolute Gasteiger partial charge is 0.226 e. The fourth-order valence-electron chi connectivity index (χ4n) is 3.03. The van der Waals surface area contributed by atoms with Crippen LogP contribution >= 0.6 is 0 Å². The monoisotopic (exact) mass is 325 g/mol. The molecule has 1 N–H and O–H groups in total. The van der Waals surface area contributed by atoms with Gasteiger partial charge >= 0.3 is 0 Å². The van der Waals surface area contributed by atoms with Crippen LogP contribution in [0, 0.1) is 11.6 Å². The maximum absolute atomic E-state index is 14.2. The minimum absolute atomic E-state index is 0.0708. The van der Waals surface area contributed by atoms with E-state index < -0.39 is 17.6 Å². The lowest BCUT2D eigenvalue weighted by molar-refractivity contribution is -0.116. The first-order valence-electron chi connectivity index (χ1n) is 7.51. The topological polar surface area (TPSA) is 46.9 Å². The fourth-order valence-corrected chi connectivity index (χ4v) is 3.03. The van der Waals surface area contributed by atoms with Crippen molar-refractivity contribution in [1.82, 2.24) is 9.55 Å². The number of carbonyl (C=O) groups is 1. The molecule has 2 heterocycles. The second kappa shape index (κ2) is 5.56. The Hall–Kier alpha value is -3.02. The average Bonchev–Trinajstić information content (AvgIpc) is 2.99. The van der Waals surface area contributed by atoms with Gasteiger partial charge in [0.1, 0.15) is 23.8 Å². The zero-order chi connectivity index (χ0) is 16.7. The van der Waals surface area contributed by atoms with Crippen LogP contribution in [0.25, 0.3) is 5.69 Å². The number of hydrogen-bond donors (Lipinski definition) is 1. The van der Waals surface area contributed by atoms with E-state index in [1.54, 1.807) is 10.9 Å². The Balaban J connectivity index is 1.84. The lowest BCUT2D eigenvalue weighted by Gasteiger charge is -2.23. The van der Waals surface area contributed by atoms with Crippen molar-refractivity contribution in [3.05, 3.63) is 77.8 Å². The number of fused-ring (bicyclic) bond motifs is 1. The van der Waals surface area contributed by atoms with Crippen molar-refractivity contribution in [3.8, 4) is 5.69 Å². The molecular formula is C18H13F2N3O. The molecule has 0 spiro atoms. The van der Waals surface area contributed by atoms with E-state index >= 15 is 0 Å². The van der Waals surface area contributed by atoms with Crippen molar-refractivity contribution in [2.75, 3.05) is 5.32 Å². The van der Waals surface area contributed by atoms with Crippen molar-refractivity contribution in [2.45, 2.75) is 12.3 Å². The third-order valence-corrected chi connectivity index (χ3v) is 4.15. The summed E-state index contributed by atoms with van der Waals surface area (Å²) in [5.41, 5.74) is 1.68. The summed E-state index contributed by atoms with van der Waals surface area (Å²) in [6.07, 6.45) is 1.67. The van der Waals surface area contributed by atoms with Gasteiger partial charge in [0.15, 0.2) is 0 Å². The molecule has 0 saturated carbocycles. The minimum Gasteiger partial charge on any atom is -0.310 e. The van der Waals surface area contributed by atoms with Crippen LogP contribution in [0.15, 0.2) is 54.9 Å². The summed E-state index contributed by atoms with van der Waals surface area (Å²) in [6.45, 7) is 0. The van der Waals surface area contributed by atoms with Crippen LogP contribution in [0.5, 0.6) is 0 Å². The Labute approximate surface area is 136 Å². The van der Waals surface area contributed by atoms with Gasteiger partial charge in [0.05, 0.1) is 5.69 Å². The maximum atomic E-state index is 14.2. The number of rotatable bonds is 2. The number of anilines is 1. The highest BCUT2D eigenvalue weighted by atomic mass is 19.1. The zero-order valence-corrected chi connectivity index (χ0v) is 12.5. The standard InChI is InChI=1S/C18H13F2N3O/c19-11-6-7-13(15(20)8-11)14-9-16(24)22-18-17(14)21-10-23(18)12-4-2-1-3-5-12/h1-8,10,14H,9H2,(H,22,24)/t14-/m0/s1. The van der Waals surface area contributed by atoms with E-state index in [-0.39, 0.29) is 17.9 Å². The number of para-hydroxylation sites is 1. The highest BCUT2D eigenvalue weighted by Crippen LogP contribution is 2.38. The maximum Gasteiger partial charge on any atom is 0.226 e. The van der Waals surface area contributed by atoms with Gasteiger partial charge in [0, 0.05) is 24.1 Å². The quantitative estimate of drug-likeness (QED) is 0.782. The van der Waals surface area contributed by atoms with Gasteiger partial charge in [-0.05, 0) is 23.8 Å². The van der Waals surface area contributed by atoms with Crippen LogP contribution in [-0.2, 0) is 4.79 Å². The molecular weight excluding hydrogens is 312 g/mol. The van der Waals surface area contributed by atoms with Crippen LogP contribution in [0.3, 0.4) is 0 Å². The Morgan fingerprint density at radius 2 is 1.92 bits per heavy atom. The first-order chi connectivity index (χ1) is 11.6. The number of nitrogens with one attached hydrogen (secondary N) is 1. The average molecular weight is 325 g/mol.